The second-order valence-electron chi connectivity index (χ2n) is 7.71. The molecule has 0 aliphatic carbocycles. The highest BCUT2D eigenvalue weighted by Gasteiger charge is 2.18. The minimum Gasteiger partial charge on any atom is -0.386 e. The molecule has 3 N–H and O–H groups in total. The van der Waals surface area contributed by atoms with Crippen molar-refractivity contribution in [2.24, 2.45) is 0 Å². The van der Waals surface area contributed by atoms with Crippen LogP contribution in [0.25, 0.3) is 11.3 Å². The van der Waals surface area contributed by atoms with E-state index in [4.69, 9.17) is 0 Å². The summed E-state index contributed by atoms with van der Waals surface area (Å²) < 4.78 is 23.8. The molecule has 0 aliphatic heterocycles. The Morgan fingerprint density at radius 1 is 1.10 bits per heavy atom. The Balaban J connectivity index is 2.10. The maximum atomic E-state index is 11.9. The third kappa shape index (κ3) is 5.65. The number of aromatic nitrogens is 2. The van der Waals surface area contributed by atoms with Crippen molar-refractivity contribution in [1.82, 2.24) is 9.97 Å². The van der Waals surface area contributed by atoms with Crippen LogP contribution in [-0.2, 0) is 20.2 Å². The number of nitrogens with zero attached hydrogens (tertiary/aromatic N) is 2. The standard InChI is InChI=1S/C22H24N4O4S/c1-14(27)25-21-12-20(26-16-6-5-7-17(11-16)31(4,29)30)18(13-24-21)19-10-15(8-9-23-19)22(2,3)28/h5-13,28H,1-4H3,(H2,24,25,26,27). The molecule has 0 saturated heterocycles. The van der Waals surface area contributed by atoms with Crippen LogP contribution >= 0.6 is 0 Å². The summed E-state index contributed by atoms with van der Waals surface area (Å²) in [6, 6.07) is 11.5. The highest BCUT2D eigenvalue weighted by molar-refractivity contribution is 7.90. The van der Waals surface area contributed by atoms with Gasteiger partial charge in [-0.25, -0.2) is 13.4 Å². The van der Waals surface area contributed by atoms with Crippen molar-refractivity contribution in [3.8, 4) is 11.3 Å². The van der Waals surface area contributed by atoms with E-state index in [0.717, 1.165) is 6.26 Å². The summed E-state index contributed by atoms with van der Waals surface area (Å²) in [6.45, 7) is 4.74. The van der Waals surface area contributed by atoms with Gasteiger partial charge in [0.25, 0.3) is 0 Å². The molecule has 3 rings (SSSR count). The molecule has 0 aliphatic rings. The lowest BCUT2D eigenvalue weighted by Crippen LogP contribution is -2.15. The van der Waals surface area contributed by atoms with Crippen molar-refractivity contribution in [2.75, 3.05) is 16.9 Å². The lowest BCUT2D eigenvalue weighted by molar-refractivity contribution is -0.114. The number of pyridine rings is 2. The monoisotopic (exact) mass is 440 g/mol. The molecule has 0 radical (unpaired) electrons. The Bertz CT molecular complexity index is 1230. The molecule has 0 fully saturated rings. The Kier molecular flexibility index (Phi) is 6.10. The zero-order valence-corrected chi connectivity index (χ0v) is 18.5. The highest BCUT2D eigenvalue weighted by atomic mass is 32.2. The number of sulfone groups is 1. The van der Waals surface area contributed by atoms with Gasteiger partial charge in [0.15, 0.2) is 9.84 Å². The van der Waals surface area contributed by atoms with Crippen LogP contribution in [0.15, 0.2) is 59.8 Å². The topological polar surface area (TPSA) is 121 Å². The first-order valence-corrected chi connectivity index (χ1v) is 11.4. The number of aliphatic hydroxyl groups is 1. The van der Waals surface area contributed by atoms with Gasteiger partial charge in [-0.15, -0.1) is 0 Å². The van der Waals surface area contributed by atoms with Gasteiger partial charge in [0.05, 0.1) is 21.9 Å². The number of anilines is 3. The Labute approximate surface area is 181 Å². The zero-order valence-electron chi connectivity index (χ0n) is 17.7. The molecule has 0 bridgehead atoms. The summed E-state index contributed by atoms with van der Waals surface area (Å²) in [6.07, 6.45) is 4.30. The number of hydrogen-bond acceptors (Lipinski definition) is 7. The van der Waals surface area contributed by atoms with Crippen LogP contribution in [0.3, 0.4) is 0 Å². The van der Waals surface area contributed by atoms with Gasteiger partial charge >= 0.3 is 0 Å². The molecule has 3 aromatic rings. The van der Waals surface area contributed by atoms with Gasteiger partial charge in [0.1, 0.15) is 5.82 Å². The van der Waals surface area contributed by atoms with Gasteiger partial charge in [-0.1, -0.05) is 6.07 Å². The van der Waals surface area contributed by atoms with E-state index < -0.39 is 15.4 Å². The summed E-state index contributed by atoms with van der Waals surface area (Å²) in [7, 11) is -3.38. The van der Waals surface area contributed by atoms with Crippen LogP contribution in [-0.4, -0.2) is 35.7 Å². The average molecular weight is 441 g/mol. The fraction of sp³-hybridized carbons (Fsp3) is 0.227. The number of carbonyl (C=O) groups excluding carboxylic acids is 1. The zero-order chi connectivity index (χ0) is 22.8. The second-order valence-corrected chi connectivity index (χ2v) is 9.73. The van der Waals surface area contributed by atoms with Gasteiger partial charge in [-0.3, -0.25) is 9.78 Å². The average Bonchev–Trinajstić information content (AvgIpc) is 2.67. The van der Waals surface area contributed by atoms with Crippen molar-refractivity contribution in [3.05, 3.63) is 60.4 Å². The molecule has 2 aromatic heterocycles. The van der Waals surface area contributed by atoms with Gasteiger partial charge in [-0.2, -0.15) is 0 Å². The van der Waals surface area contributed by atoms with Crippen LogP contribution in [0.5, 0.6) is 0 Å². The van der Waals surface area contributed by atoms with Crippen LogP contribution in [0.1, 0.15) is 26.3 Å². The molecule has 162 valence electrons. The molecule has 0 atom stereocenters. The van der Waals surface area contributed by atoms with E-state index in [2.05, 4.69) is 20.6 Å². The SMILES string of the molecule is CC(=O)Nc1cc(Nc2cccc(S(C)(=O)=O)c2)c(-c2cc(C(C)(C)O)ccn2)cn1. The number of amides is 1. The molecule has 0 saturated carbocycles. The van der Waals surface area contributed by atoms with E-state index in [-0.39, 0.29) is 10.8 Å². The summed E-state index contributed by atoms with van der Waals surface area (Å²) in [5.74, 6) is 0.0593. The highest BCUT2D eigenvalue weighted by Crippen LogP contribution is 2.33. The molecule has 1 aromatic carbocycles. The van der Waals surface area contributed by atoms with Crippen LogP contribution in [0, 0.1) is 0 Å². The fourth-order valence-electron chi connectivity index (χ4n) is 2.93. The van der Waals surface area contributed by atoms with Gasteiger partial charge in [0.2, 0.25) is 5.91 Å². The van der Waals surface area contributed by atoms with Crippen LogP contribution in [0.4, 0.5) is 17.2 Å². The minimum absolute atomic E-state index is 0.178. The number of hydrogen-bond donors (Lipinski definition) is 3. The van der Waals surface area contributed by atoms with Crippen molar-refractivity contribution in [2.45, 2.75) is 31.3 Å². The Morgan fingerprint density at radius 3 is 2.48 bits per heavy atom. The maximum Gasteiger partial charge on any atom is 0.222 e. The maximum absolute atomic E-state index is 11.9. The molecular formula is C22H24N4O4S. The lowest BCUT2D eigenvalue weighted by atomic mass is 9.97. The number of carbonyl (C=O) groups is 1. The quantitative estimate of drug-likeness (QED) is 0.536. The Morgan fingerprint density at radius 2 is 1.84 bits per heavy atom. The first-order valence-electron chi connectivity index (χ1n) is 9.47. The second kappa shape index (κ2) is 8.44. The molecule has 9 heteroatoms. The largest absolute Gasteiger partial charge is 0.386 e. The van der Waals surface area contributed by atoms with E-state index in [1.807, 2.05) is 0 Å². The number of nitrogens with one attached hydrogen (secondary N) is 2. The first-order chi connectivity index (χ1) is 14.4. The third-order valence-corrected chi connectivity index (χ3v) is 5.60. The van der Waals surface area contributed by atoms with Crippen molar-refractivity contribution in [3.63, 3.8) is 0 Å². The summed E-state index contributed by atoms with van der Waals surface area (Å²) in [4.78, 5) is 20.3. The molecule has 8 nitrogen and oxygen atoms in total. The van der Waals surface area contributed by atoms with E-state index >= 15 is 0 Å². The van der Waals surface area contributed by atoms with Crippen LogP contribution < -0.4 is 10.6 Å². The predicted molar refractivity (Wildman–Crippen MR) is 120 cm³/mol. The molecule has 0 unspecified atom stereocenters. The van der Waals surface area contributed by atoms with Crippen molar-refractivity contribution < 1.29 is 18.3 Å². The summed E-state index contributed by atoms with van der Waals surface area (Å²) >= 11 is 0. The van der Waals surface area contributed by atoms with E-state index in [0.29, 0.717) is 34.0 Å². The predicted octanol–water partition coefficient (Wildman–Crippen LogP) is 3.48. The molecule has 2 heterocycles. The molecule has 31 heavy (non-hydrogen) atoms. The van der Waals surface area contributed by atoms with Crippen molar-refractivity contribution in [1.29, 1.82) is 0 Å². The minimum atomic E-state index is -3.38. The molecular weight excluding hydrogens is 416 g/mol. The fourth-order valence-corrected chi connectivity index (χ4v) is 3.60. The van der Waals surface area contributed by atoms with Gasteiger partial charge < -0.3 is 15.7 Å². The summed E-state index contributed by atoms with van der Waals surface area (Å²) in [5, 5.41) is 16.2. The van der Waals surface area contributed by atoms with Crippen molar-refractivity contribution >= 4 is 32.9 Å². The number of benzene rings is 1. The van der Waals surface area contributed by atoms with Gasteiger partial charge in [0, 0.05) is 42.9 Å². The normalized spacial score (nSPS) is 11.8. The summed E-state index contributed by atoms with van der Waals surface area (Å²) in [5.41, 5.74) is 1.90. The van der Waals surface area contributed by atoms with E-state index in [1.54, 1.807) is 56.6 Å². The van der Waals surface area contributed by atoms with E-state index in [9.17, 15) is 18.3 Å². The first kappa shape index (κ1) is 22.4. The Hall–Kier alpha value is -3.30. The third-order valence-electron chi connectivity index (χ3n) is 4.49. The smallest absolute Gasteiger partial charge is 0.222 e. The van der Waals surface area contributed by atoms with E-state index in [1.165, 1.54) is 19.1 Å². The van der Waals surface area contributed by atoms with Crippen LogP contribution in [0.2, 0.25) is 0 Å². The lowest BCUT2D eigenvalue weighted by Gasteiger charge is -2.19. The molecule has 1 amide bonds. The van der Waals surface area contributed by atoms with Gasteiger partial charge in [-0.05, 0) is 49.7 Å². The number of rotatable bonds is 6. The molecule has 0 spiro atoms.